The van der Waals surface area contributed by atoms with Crippen molar-refractivity contribution in [2.75, 3.05) is 11.9 Å². The fourth-order valence-corrected chi connectivity index (χ4v) is 4.47. The molecule has 1 atom stereocenters. The van der Waals surface area contributed by atoms with Crippen LogP contribution in [-0.2, 0) is 22.4 Å². The Labute approximate surface area is 175 Å². The van der Waals surface area contributed by atoms with Crippen LogP contribution in [0, 0.1) is 18.3 Å². The second-order valence-electron chi connectivity index (χ2n) is 6.86. The maximum Gasteiger partial charge on any atom is 0.264 e. The minimum absolute atomic E-state index is 0.0461. The second-order valence-corrected chi connectivity index (χ2v) is 8.05. The van der Waals surface area contributed by atoms with Crippen molar-refractivity contribution in [3.8, 4) is 6.07 Å². The van der Waals surface area contributed by atoms with Gasteiger partial charge in [0.15, 0.2) is 0 Å². The average molecular weight is 406 g/mol. The second kappa shape index (κ2) is 8.97. The van der Waals surface area contributed by atoms with Crippen molar-refractivity contribution >= 4 is 29.3 Å². The largest absolute Gasteiger partial charge is 0.354 e. The minimum Gasteiger partial charge on any atom is -0.354 e. The number of rotatable bonds is 5. The molecule has 1 saturated heterocycles. The average Bonchev–Trinajstić information content (AvgIpc) is 3.05. The fraction of sp³-hybridized carbons (Fsp3) is 0.261. The van der Waals surface area contributed by atoms with E-state index in [0.717, 1.165) is 17.5 Å². The summed E-state index contributed by atoms with van der Waals surface area (Å²) in [5.74, 6) is -0.613. The maximum absolute atomic E-state index is 13.3. The Morgan fingerprint density at radius 1 is 1.14 bits per heavy atom. The summed E-state index contributed by atoms with van der Waals surface area (Å²) in [6.07, 6.45) is 1.49. The molecule has 1 aliphatic heterocycles. The van der Waals surface area contributed by atoms with Crippen LogP contribution in [-0.4, -0.2) is 24.1 Å². The van der Waals surface area contributed by atoms with E-state index in [9.17, 15) is 14.9 Å². The van der Waals surface area contributed by atoms with Crippen molar-refractivity contribution in [1.82, 2.24) is 5.32 Å². The molecule has 0 aromatic heterocycles. The first-order chi connectivity index (χ1) is 14.0. The predicted octanol–water partition coefficient (Wildman–Crippen LogP) is 3.73. The molecule has 1 fully saturated rings. The number of likely N-dealkylation sites (N-methyl/N-ethyl adjacent to an activating group) is 1. The van der Waals surface area contributed by atoms with E-state index in [4.69, 9.17) is 0 Å². The predicted molar refractivity (Wildman–Crippen MR) is 116 cm³/mol. The number of aryl methyl sites for hydroxylation is 2. The van der Waals surface area contributed by atoms with E-state index in [1.165, 1.54) is 29.3 Å². The van der Waals surface area contributed by atoms with E-state index >= 15 is 0 Å². The molecule has 5 nitrogen and oxygen atoms in total. The summed E-state index contributed by atoms with van der Waals surface area (Å²) in [6, 6.07) is 17.7. The van der Waals surface area contributed by atoms with Crippen LogP contribution in [0.1, 0.15) is 23.6 Å². The topological polar surface area (TPSA) is 73.2 Å². The lowest BCUT2D eigenvalue weighted by atomic mass is 10.1. The normalized spacial score (nSPS) is 17.8. The molecule has 3 rings (SSSR count). The summed E-state index contributed by atoms with van der Waals surface area (Å²) in [7, 11) is 1.48. The number of hydrogen-bond acceptors (Lipinski definition) is 4. The lowest BCUT2D eigenvalue weighted by Gasteiger charge is -2.18. The SMILES string of the molecule is CCc1ccc(CC2SC(=C(C#N)C(=O)NC)N(c3ccc(C)cc3)C2=O)cc1. The van der Waals surface area contributed by atoms with Crippen LogP contribution in [0.25, 0.3) is 0 Å². The minimum atomic E-state index is -0.493. The number of carbonyl (C=O) groups is 2. The van der Waals surface area contributed by atoms with Crippen molar-refractivity contribution in [1.29, 1.82) is 5.26 Å². The van der Waals surface area contributed by atoms with Crippen LogP contribution in [0.15, 0.2) is 59.1 Å². The Morgan fingerprint density at radius 3 is 2.31 bits per heavy atom. The molecule has 0 aliphatic carbocycles. The number of nitrogens with zero attached hydrogens (tertiary/aromatic N) is 2. The van der Waals surface area contributed by atoms with E-state index in [1.807, 2.05) is 49.4 Å². The van der Waals surface area contributed by atoms with Gasteiger partial charge in [0.2, 0.25) is 5.91 Å². The van der Waals surface area contributed by atoms with Crippen molar-refractivity contribution in [3.05, 3.63) is 75.8 Å². The Kier molecular flexibility index (Phi) is 6.40. The number of nitrogens with one attached hydrogen (secondary N) is 1. The smallest absolute Gasteiger partial charge is 0.264 e. The molecule has 1 aliphatic rings. The lowest BCUT2D eigenvalue weighted by molar-refractivity contribution is -0.117. The quantitative estimate of drug-likeness (QED) is 0.608. The molecular weight excluding hydrogens is 382 g/mol. The lowest BCUT2D eigenvalue weighted by Crippen LogP contribution is -2.31. The molecular formula is C23H23N3O2S. The third-order valence-corrected chi connectivity index (χ3v) is 6.14. The molecule has 2 aromatic rings. The molecule has 0 bridgehead atoms. The van der Waals surface area contributed by atoms with E-state index < -0.39 is 11.2 Å². The van der Waals surface area contributed by atoms with Gasteiger partial charge in [-0.3, -0.25) is 14.5 Å². The van der Waals surface area contributed by atoms with E-state index in [1.54, 1.807) is 0 Å². The molecule has 0 spiro atoms. The Morgan fingerprint density at radius 2 is 1.76 bits per heavy atom. The van der Waals surface area contributed by atoms with Crippen LogP contribution in [0.4, 0.5) is 5.69 Å². The van der Waals surface area contributed by atoms with Crippen LogP contribution in [0.3, 0.4) is 0 Å². The van der Waals surface area contributed by atoms with E-state index in [-0.39, 0.29) is 11.5 Å². The van der Waals surface area contributed by atoms with Gasteiger partial charge in [-0.15, -0.1) is 0 Å². The third kappa shape index (κ3) is 4.36. The number of amides is 2. The summed E-state index contributed by atoms with van der Waals surface area (Å²) < 4.78 is 0. The summed E-state index contributed by atoms with van der Waals surface area (Å²) in [5.41, 5.74) is 3.97. The van der Waals surface area contributed by atoms with Gasteiger partial charge in [0, 0.05) is 12.7 Å². The van der Waals surface area contributed by atoms with Crippen molar-refractivity contribution in [3.63, 3.8) is 0 Å². The van der Waals surface area contributed by atoms with Crippen molar-refractivity contribution in [2.24, 2.45) is 0 Å². The molecule has 0 saturated carbocycles. The highest BCUT2D eigenvalue weighted by Gasteiger charge is 2.40. The number of anilines is 1. The summed E-state index contributed by atoms with van der Waals surface area (Å²) in [4.78, 5) is 27.1. The van der Waals surface area contributed by atoms with Crippen LogP contribution in [0.2, 0.25) is 0 Å². The molecule has 29 heavy (non-hydrogen) atoms. The van der Waals surface area contributed by atoms with Crippen molar-refractivity contribution in [2.45, 2.75) is 31.9 Å². The molecule has 148 valence electrons. The monoisotopic (exact) mass is 405 g/mol. The summed E-state index contributed by atoms with van der Waals surface area (Å²) in [6.45, 7) is 4.07. The molecule has 1 unspecified atom stereocenters. The number of carbonyl (C=O) groups excluding carboxylic acids is 2. The van der Waals surface area contributed by atoms with Gasteiger partial charge in [-0.05, 0) is 43.0 Å². The van der Waals surface area contributed by atoms with E-state index in [2.05, 4.69) is 24.4 Å². The Bertz CT molecular complexity index is 988. The van der Waals surface area contributed by atoms with Gasteiger partial charge >= 0.3 is 0 Å². The zero-order chi connectivity index (χ0) is 21.0. The van der Waals surface area contributed by atoms with Gasteiger partial charge in [0.1, 0.15) is 16.7 Å². The highest BCUT2D eigenvalue weighted by atomic mass is 32.2. The van der Waals surface area contributed by atoms with Gasteiger partial charge in [0.25, 0.3) is 5.91 Å². The number of benzene rings is 2. The van der Waals surface area contributed by atoms with Gasteiger partial charge < -0.3 is 5.32 Å². The molecule has 0 radical (unpaired) electrons. The molecule has 1 heterocycles. The number of thioether (sulfide) groups is 1. The summed E-state index contributed by atoms with van der Waals surface area (Å²) >= 11 is 1.28. The Balaban J connectivity index is 2.00. The Hall–Kier alpha value is -3.04. The number of nitriles is 1. The van der Waals surface area contributed by atoms with Gasteiger partial charge in [-0.2, -0.15) is 5.26 Å². The highest BCUT2D eigenvalue weighted by Crippen LogP contribution is 2.41. The molecule has 6 heteroatoms. The fourth-order valence-electron chi connectivity index (χ4n) is 3.17. The first-order valence-corrected chi connectivity index (χ1v) is 10.4. The first kappa shape index (κ1) is 20.7. The highest BCUT2D eigenvalue weighted by molar-refractivity contribution is 8.05. The van der Waals surface area contributed by atoms with Crippen LogP contribution < -0.4 is 10.2 Å². The standard InChI is InChI=1S/C23H23N3O2S/c1-4-16-7-9-17(10-8-16)13-20-22(28)26(18-11-5-15(2)6-12-18)23(29-20)19(14-24)21(27)25-3/h5-12,20H,4,13H2,1-3H3,(H,25,27). The molecule has 2 aromatic carbocycles. The summed E-state index contributed by atoms with van der Waals surface area (Å²) in [5, 5.41) is 12.1. The molecule has 2 amide bonds. The van der Waals surface area contributed by atoms with Crippen LogP contribution in [0.5, 0.6) is 0 Å². The first-order valence-electron chi connectivity index (χ1n) is 9.50. The number of hydrogen-bond donors (Lipinski definition) is 1. The van der Waals surface area contributed by atoms with Gasteiger partial charge in [-0.1, -0.05) is 60.6 Å². The van der Waals surface area contributed by atoms with Crippen molar-refractivity contribution < 1.29 is 9.59 Å². The van der Waals surface area contributed by atoms with E-state index in [0.29, 0.717) is 17.1 Å². The maximum atomic E-state index is 13.3. The van der Waals surface area contributed by atoms with Gasteiger partial charge in [-0.25, -0.2) is 0 Å². The molecule has 1 N–H and O–H groups in total. The van der Waals surface area contributed by atoms with Gasteiger partial charge in [0.05, 0.1) is 5.25 Å². The van der Waals surface area contributed by atoms with Crippen LogP contribution >= 0.6 is 11.8 Å². The zero-order valence-corrected chi connectivity index (χ0v) is 17.5. The zero-order valence-electron chi connectivity index (χ0n) is 16.7. The third-order valence-electron chi connectivity index (χ3n) is 4.88.